The van der Waals surface area contributed by atoms with Crippen LogP contribution in [0, 0.1) is 22.7 Å². The fourth-order valence-corrected chi connectivity index (χ4v) is 7.21. The Morgan fingerprint density at radius 3 is 1.32 bits per heavy atom. The van der Waals surface area contributed by atoms with Gasteiger partial charge >= 0.3 is 36.1 Å². The number of carbonyl (C=O) groups is 6. The fourth-order valence-electron chi connectivity index (χ4n) is 5.79. The van der Waals surface area contributed by atoms with E-state index in [1.807, 2.05) is 0 Å². The first-order valence-electron chi connectivity index (χ1n) is 19.8. The van der Waals surface area contributed by atoms with Gasteiger partial charge in [-0.25, -0.2) is 19.2 Å². The van der Waals surface area contributed by atoms with E-state index >= 15 is 0 Å². The molecule has 0 rings (SSSR count). The number of hydrogen-bond donors (Lipinski definition) is 2. The first-order chi connectivity index (χ1) is 26.8. The van der Waals surface area contributed by atoms with Crippen LogP contribution in [-0.2, 0) is 47.6 Å². The maximum Gasteiger partial charge on any atom is 0.407 e. The lowest BCUT2D eigenvalue weighted by Gasteiger charge is -2.28. The highest BCUT2D eigenvalue weighted by Crippen LogP contribution is 2.33. The number of thioether (sulfide) groups is 2. The Morgan fingerprint density at radius 2 is 0.965 bits per heavy atom. The second-order valence-electron chi connectivity index (χ2n) is 15.6. The third-order valence-corrected chi connectivity index (χ3v) is 10.7. The maximum absolute atomic E-state index is 12.4. The zero-order valence-electron chi connectivity index (χ0n) is 35.7. The molecule has 57 heavy (non-hydrogen) atoms. The molecule has 2 N–H and O–H groups in total. The Hall–Kier alpha value is -3.40. The Balaban J connectivity index is 4.10. The SMILES string of the molecule is C=C(CSCCOC(=O)NCCC(C)CC(C)(C)CCC(=O)OCOC(=O)CCC(C)(C)CC(C)CCNC(=O)OCCSCC(=C)C(=O)OCC)C(=O)OCC. The third kappa shape index (κ3) is 30.4. The van der Waals surface area contributed by atoms with Gasteiger partial charge in [-0.15, -0.1) is 0 Å². The van der Waals surface area contributed by atoms with Gasteiger partial charge < -0.3 is 39.1 Å². The van der Waals surface area contributed by atoms with Crippen LogP contribution >= 0.6 is 23.5 Å². The van der Waals surface area contributed by atoms with E-state index in [0.29, 0.717) is 73.3 Å². The predicted molar refractivity (Wildman–Crippen MR) is 225 cm³/mol. The second kappa shape index (κ2) is 30.6. The molecule has 0 aromatic rings. The van der Waals surface area contributed by atoms with Gasteiger partial charge in [0.05, 0.1) is 13.2 Å². The molecule has 0 spiro atoms. The fraction of sp³-hybridized carbons (Fsp3) is 0.756. The standard InChI is InChI=1S/C41H70N2O12S2/c1-11-50-36(46)32(5)27-56-23-21-52-38(48)42-19-15-30(3)25-40(7,8)17-13-34(44)54-29-55-35(45)14-18-41(9,10)26-31(4)16-20-43-39(49)53-22-24-57-28-33(6)37(47)51-12-2/h30-31H,5-6,11-29H2,1-4,7-10H3,(H,42,48)(H,43,49). The largest absolute Gasteiger partial charge is 0.463 e. The molecule has 14 nitrogen and oxygen atoms in total. The van der Waals surface area contributed by atoms with E-state index in [-0.39, 0.29) is 48.7 Å². The molecule has 16 heteroatoms. The summed E-state index contributed by atoms with van der Waals surface area (Å²) in [7, 11) is 0. The summed E-state index contributed by atoms with van der Waals surface area (Å²) in [5, 5.41) is 5.52. The van der Waals surface area contributed by atoms with E-state index in [1.54, 1.807) is 13.8 Å². The van der Waals surface area contributed by atoms with Gasteiger partial charge in [-0.1, -0.05) is 54.7 Å². The van der Waals surface area contributed by atoms with Crippen molar-refractivity contribution in [2.45, 2.75) is 107 Å². The summed E-state index contributed by atoms with van der Waals surface area (Å²) < 4.78 is 30.5. The van der Waals surface area contributed by atoms with Crippen molar-refractivity contribution in [3.05, 3.63) is 24.3 Å². The van der Waals surface area contributed by atoms with Crippen molar-refractivity contribution in [3.63, 3.8) is 0 Å². The number of hydrogen-bond acceptors (Lipinski definition) is 14. The molecule has 0 saturated heterocycles. The van der Waals surface area contributed by atoms with Crippen LogP contribution in [-0.4, -0.2) is 105 Å². The minimum absolute atomic E-state index is 0.146. The Morgan fingerprint density at radius 1 is 0.596 bits per heavy atom. The third-order valence-electron chi connectivity index (χ3n) is 8.67. The molecule has 0 heterocycles. The van der Waals surface area contributed by atoms with Crippen molar-refractivity contribution in [2.24, 2.45) is 22.7 Å². The van der Waals surface area contributed by atoms with Crippen LogP contribution in [0.2, 0.25) is 0 Å². The Labute approximate surface area is 349 Å². The molecule has 0 aliphatic rings. The summed E-state index contributed by atoms with van der Waals surface area (Å²) in [5.74, 6) is 0.771. The van der Waals surface area contributed by atoms with Crippen molar-refractivity contribution in [1.29, 1.82) is 0 Å². The van der Waals surface area contributed by atoms with E-state index in [2.05, 4.69) is 65.3 Å². The molecule has 2 atom stereocenters. The first-order valence-corrected chi connectivity index (χ1v) is 22.1. The summed E-state index contributed by atoms with van der Waals surface area (Å²) in [5.41, 5.74) is 0.463. The molecule has 0 fully saturated rings. The second-order valence-corrected chi connectivity index (χ2v) is 17.8. The minimum atomic E-state index is -0.490. The van der Waals surface area contributed by atoms with Crippen LogP contribution in [0.25, 0.3) is 0 Å². The summed E-state index contributed by atoms with van der Waals surface area (Å²) in [4.78, 5) is 71.9. The van der Waals surface area contributed by atoms with Crippen LogP contribution in [0.4, 0.5) is 9.59 Å². The molecule has 0 aliphatic carbocycles. The highest BCUT2D eigenvalue weighted by Gasteiger charge is 2.25. The molecule has 0 bridgehead atoms. The number of rotatable bonds is 32. The normalized spacial score (nSPS) is 12.4. The van der Waals surface area contributed by atoms with Gasteiger partial charge in [0.1, 0.15) is 13.2 Å². The quantitative estimate of drug-likeness (QED) is 0.0222. The summed E-state index contributed by atoms with van der Waals surface area (Å²) in [6.07, 6.45) is 3.77. The van der Waals surface area contributed by atoms with Gasteiger partial charge in [0, 0.05) is 60.1 Å². The van der Waals surface area contributed by atoms with Gasteiger partial charge in [0.2, 0.25) is 6.79 Å². The van der Waals surface area contributed by atoms with Crippen molar-refractivity contribution in [1.82, 2.24) is 10.6 Å². The van der Waals surface area contributed by atoms with Gasteiger partial charge in [0.15, 0.2) is 0 Å². The van der Waals surface area contributed by atoms with E-state index in [4.69, 9.17) is 28.4 Å². The van der Waals surface area contributed by atoms with Gasteiger partial charge in [0.25, 0.3) is 0 Å². The molecule has 2 amide bonds. The van der Waals surface area contributed by atoms with Gasteiger partial charge in [-0.2, -0.15) is 23.5 Å². The highest BCUT2D eigenvalue weighted by atomic mass is 32.2. The summed E-state index contributed by atoms with van der Waals surface area (Å²) in [6, 6.07) is 0. The molecule has 2 unspecified atom stereocenters. The van der Waals surface area contributed by atoms with Crippen LogP contribution in [0.3, 0.4) is 0 Å². The lowest BCUT2D eigenvalue weighted by molar-refractivity contribution is -0.168. The molecule has 0 aromatic carbocycles. The zero-order chi connectivity index (χ0) is 43.3. The molecule has 0 aromatic heterocycles. The average Bonchev–Trinajstić information content (AvgIpc) is 3.12. The number of alkyl carbamates (subject to hydrolysis) is 2. The number of nitrogens with one attached hydrogen (secondary N) is 2. The smallest absolute Gasteiger partial charge is 0.407 e. The number of esters is 4. The lowest BCUT2D eigenvalue weighted by atomic mass is 9.79. The van der Waals surface area contributed by atoms with Crippen molar-refractivity contribution < 1.29 is 57.2 Å². The topological polar surface area (TPSA) is 182 Å². The molecule has 0 aliphatic heterocycles. The van der Waals surface area contributed by atoms with Crippen LogP contribution in [0.15, 0.2) is 24.3 Å². The molecule has 0 saturated carbocycles. The molecule has 0 radical (unpaired) electrons. The van der Waals surface area contributed by atoms with Crippen LogP contribution in [0.5, 0.6) is 0 Å². The number of carbonyl (C=O) groups excluding carboxylic acids is 6. The molecule has 328 valence electrons. The van der Waals surface area contributed by atoms with Crippen LogP contribution in [0.1, 0.15) is 107 Å². The van der Waals surface area contributed by atoms with Crippen molar-refractivity contribution >= 4 is 59.6 Å². The van der Waals surface area contributed by atoms with Crippen LogP contribution < -0.4 is 10.6 Å². The van der Waals surface area contributed by atoms with E-state index in [0.717, 1.165) is 25.7 Å². The van der Waals surface area contributed by atoms with Crippen molar-refractivity contribution in [3.8, 4) is 0 Å². The zero-order valence-corrected chi connectivity index (χ0v) is 37.4. The van der Waals surface area contributed by atoms with Gasteiger partial charge in [-0.3, -0.25) is 9.59 Å². The predicted octanol–water partition coefficient (Wildman–Crippen LogP) is 7.63. The number of ether oxygens (including phenoxy) is 6. The maximum atomic E-state index is 12.4. The molecular formula is C41H70N2O12S2. The monoisotopic (exact) mass is 846 g/mol. The molecular weight excluding hydrogens is 777 g/mol. The van der Waals surface area contributed by atoms with Gasteiger partial charge in [-0.05, 0) is 75.0 Å². The highest BCUT2D eigenvalue weighted by molar-refractivity contribution is 7.99. The van der Waals surface area contributed by atoms with E-state index < -0.39 is 42.9 Å². The summed E-state index contributed by atoms with van der Waals surface area (Å²) in [6.45, 7) is 24.9. The van der Waals surface area contributed by atoms with E-state index in [1.165, 1.54) is 23.5 Å². The Kier molecular flexibility index (Phi) is 28.8. The average molecular weight is 847 g/mol. The Bertz CT molecular complexity index is 1180. The minimum Gasteiger partial charge on any atom is -0.463 e. The first kappa shape index (κ1) is 53.6. The van der Waals surface area contributed by atoms with Crippen molar-refractivity contribution in [2.75, 3.05) is 69.3 Å². The summed E-state index contributed by atoms with van der Waals surface area (Å²) >= 11 is 2.87. The number of amides is 2. The lowest BCUT2D eigenvalue weighted by Crippen LogP contribution is -2.28. The van der Waals surface area contributed by atoms with E-state index in [9.17, 15) is 28.8 Å².